The molecule has 0 unspecified atom stereocenters. The number of hydrogen-bond acceptors (Lipinski definition) is 5. The van der Waals surface area contributed by atoms with Crippen molar-refractivity contribution in [1.29, 1.82) is 0 Å². The largest absolute Gasteiger partial charge is 0.465 e. The fraction of sp³-hybridized carbons (Fsp3) is 0.0952. The molecule has 0 spiro atoms. The number of esters is 1. The number of nitrogens with one attached hydrogen (secondary N) is 1. The molecule has 0 aliphatic heterocycles. The van der Waals surface area contributed by atoms with Crippen molar-refractivity contribution in [2.24, 2.45) is 0 Å². The van der Waals surface area contributed by atoms with E-state index in [9.17, 15) is 14.4 Å². The maximum atomic E-state index is 12.4. The molecule has 0 aliphatic carbocycles. The van der Waals surface area contributed by atoms with E-state index in [0.717, 1.165) is 11.1 Å². The summed E-state index contributed by atoms with van der Waals surface area (Å²) >= 11 is 1.21. The summed E-state index contributed by atoms with van der Waals surface area (Å²) in [6.07, 6.45) is 3.15. The molecule has 5 nitrogen and oxygen atoms in total. The van der Waals surface area contributed by atoms with Crippen LogP contribution in [0, 0.1) is 6.92 Å². The summed E-state index contributed by atoms with van der Waals surface area (Å²) in [5, 5.41) is 0. The number of ether oxygens (including phenoxy) is 1. The topological polar surface area (TPSA) is 76.2 Å². The van der Waals surface area contributed by atoms with Gasteiger partial charge in [-0.05, 0) is 36.3 Å². The molecule has 27 heavy (non-hydrogen) atoms. The average molecular weight is 379 g/mol. The molecular weight excluding hydrogens is 362 g/mol. The van der Waals surface area contributed by atoms with Gasteiger partial charge < -0.3 is 9.72 Å². The standard InChI is InChI=1S/C21H17NO4S/c1-13-5-3-4-6-16(13)17(23)12-19-22-20(24)18(27-19)11-14-7-9-15(10-8-14)21(25)26-2/h3-12H,1-2H3,(H,22,24)/b18-11+,19-12-. The van der Waals surface area contributed by atoms with Crippen molar-refractivity contribution >= 4 is 35.2 Å². The minimum absolute atomic E-state index is 0.153. The van der Waals surface area contributed by atoms with E-state index < -0.39 is 5.97 Å². The Morgan fingerprint density at radius 1 is 1.07 bits per heavy atom. The van der Waals surface area contributed by atoms with Gasteiger partial charge in [-0.2, -0.15) is 0 Å². The van der Waals surface area contributed by atoms with Gasteiger partial charge in [-0.15, -0.1) is 11.3 Å². The van der Waals surface area contributed by atoms with Crippen molar-refractivity contribution in [2.45, 2.75) is 6.92 Å². The van der Waals surface area contributed by atoms with E-state index in [-0.39, 0.29) is 11.3 Å². The molecule has 2 aromatic carbocycles. The molecule has 1 aromatic heterocycles. The minimum atomic E-state index is -0.415. The number of carbonyl (C=O) groups is 2. The summed E-state index contributed by atoms with van der Waals surface area (Å²) in [5.41, 5.74) is 2.44. The molecule has 1 heterocycles. The van der Waals surface area contributed by atoms with Crippen LogP contribution in [0.25, 0.3) is 12.2 Å². The van der Waals surface area contributed by atoms with E-state index in [2.05, 4.69) is 9.72 Å². The van der Waals surface area contributed by atoms with Crippen molar-refractivity contribution in [3.8, 4) is 0 Å². The minimum Gasteiger partial charge on any atom is -0.465 e. The molecule has 0 saturated heterocycles. The molecule has 0 fully saturated rings. The Kier molecular flexibility index (Phi) is 5.47. The third-order valence-electron chi connectivity index (χ3n) is 3.98. The first-order valence-electron chi connectivity index (χ1n) is 8.19. The Bertz CT molecular complexity index is 1170. The normalized spacial score (nSPS) is 12.2. The lowest BCUT2D eigenvalue weighted by Gasteiger charge is -1.99. The second-order valence-electron chi connectivity index (χ2n) is 5.87. The Labute approximate surface area is 159 Å². The van der Waals surface area contributed by atoms with Crippen molar-refractivity contribution in [3.63, 3.8) is 0 Å². The predicted octanol–water partition coefficient (Wildman–Crippen LogP) is 2.02. The number of benzene rings is 2. The molecule has 0 saturated carbocycles. The molecule has 0 bridgehead atoms. The van der Waals surface area contributed by atoms with Crippen LogP contribution in [0.15, 0.2) is 53.3 Å². The molecule has 136 valence electrons. The maximum Gasteiger partial charge on any atom is 0.337 e. The molecule has 6 heteroatoms. The van der Waals surface area contributed by atoms with Gasteiger partial charge in [0.2, 0.25) is 0 Å². The van der Waals surface area contributed by atoms with Crippen molar-refractivity contribution < 1.29 is 14.3 Å². The first kappa shape index (κ1) is 18.5. The Balaban J connectivity index is 1.93. The van der Waals surface area contributed by atoms with E-state index in [1.165, 1.54) is 24.5 Å². The lowest BCUT2D eigenvalue weighted by Crippen LogP contribution is -2.20. The summed E-state index contributed by atoms with van der Waals surface area (Å²) in [7, 11) is 1.32. The summed E-state index contributed by atoms with van der Waals surface area (Å²) in [6.45, 7) is 1.87. The monoisotopic (exact) mass is 379 g/mol. The van der Waals surface area contributed by atoms with Gasteiger partial charge in [0.05, 0.1) is 21.9 Å². The van der Waals surface area contributed by atoms with Crippen LogP contribution in [0.5, 0.6) is 0 Å². The molecule has 3 rings (SSSR count). The van der Waals surface area contributed by atoms with Crippen LogP contribution >= 0.6 is 11.3 Å². The summed E-state index contributed by atoms with van der Waals surface area (Å²) in [4.78, 5) is 38.8. The van der Waals surface area contributed by atoms with Gasteiger partial charge in [-0.25, -0.2) is 4.79 Å². The number of Topliss-reactive ketones (excluding diaryl/α,β-unsaturated/α-hetero) is 1. The molecular formula is C21H17NO4S. The van der Waals surface area contributed by atoms with Gasteiger partial charge in [0.25, 0.3) is 5.56 Å². The number of hydrogen-bond donors (Lipinski definition) is 1. The number of ketones is 1. The average Bonchev–Trinajstić information content (AvgIpc) is 3.00. The molecule has 3 aromatic rings. The van der Waals surface area contributed by atoms with Gasteiger partial charge >= 0.3 is 5.97 Å². The predicted molar refractivity (Wildman–Crippen MR) is 106 cm³/mol. The van der Waals surface area contributed by atoms with Gasteiger partial charge in [-0.1, -0.05) is 36.4 Å². The van der Waals surface area contributed by atoms with Crippen LogP contribution in [0.3, 0.4) is 0 Å². The lowest BCUT2D eigenvalue weighted by molar-refractivity contribution is 0.0600. The number of aryl methyl sites for hydroxylation is 1. The van der Waals surface area contributed by atoms with Crippen LogP contribution in [0.4, 0.5) is 0 Å². The SMILES string of the molecule is COC(=O)c1ccc(/C=c2/s/c(=C\C(=O)c3ccccc3C)[nH]c2=O)cc1. The van der Waals surface area contributed by atoms with Crippen molar-refractivity contribution in [2.75, 3.05) is 7.11 Å². The zero-order chi connectivity index (χ0) is 19.4. The smallest absolute Gasteiger partial charge is 0.337 e. The van der Waals surface area contributed by atoms with E-state index in [0.29, 0.717) is 20.3 Å². The van der Waals surface area contributed by atoms with Gasteiger partial charge in [0.15, 0.2) is 5.78 Å². The number of H-pyrrole nitrogens is 1. The van der Waals surface area contributed by atoms with Crippen molar-refractivity contribution in [3.05, 3.63) is 90.3 Å². The highest BCUT2D eigenvalue weighted by Gasteiger charge is 2.06. The summed E-state index contributed by atoms with van der Waals surface area (Å²) in [5.74, 6) is -0.568. The zero-order valence-corrected chi connectivity index (χ0v) is 15.6. The van der Waals surface area contributed by atoms with E-state index in [1.54, 1.807) is 36.4 Å². The molecule has 0 amide bonds. The molecule has 1 N–H and O–H groups in total. The third-order valence-corrected chi connectivity index (χ3v) is 4.95. The van der Waals surface area contributed by atoms with Crippen LogP contribution < -0.4 is 14.8 Å². The van der Waals surface area contributed by atoms with Gasteiger partial charge in [0.1, 0.15) is 0 Å². The summed E-state index contributed by atoms with van der Waals surface area (Å²) < 4.78 is 5.63. The first-order valence-corrected chi connectivity index (χ1v) is 9.00. The summed E-state index contributed by atoms with van der Waals surface area (Å²) in [6, 6.07) is 14.0. The number of aromatic nitrogens is 1. The number of aromatic amines is 1. The van der Waals surface area contributed by atoms with E-state index in [4.69, 9.17) is 0 Å². The van der Waals surface area contributed by atoms with E-state index in [1.807, 2.05) is 25.1 Å². The Morgan fingerprint density at radius 3 is 2.44 bits per heavy atom. The van der Waals surface area contributed by atoms with Crippen LogP contribution in [0.2, 0.25) is 0 Å². The molecule has 0 atom stereocenters. The second kappa shape index (κ2) is 7.97. The van der Waals surface area contributed by atoms with Crippen LogP contribution in [-0.2, 0) is 4.74 Å². The highest BCUT2D eigenvalue weighted by Crippen LogP contribution is 2.08. The first-order chi connectivity index (χ1) is 13.0. The Morgan fingerprint density at radius 2 is 1.78 bits per heavy atom. The van der Waals surface area contributed by atoms with E-state index >= 15 is 0 Å². The lowest BCUT2D eigenvalue weighted by atomic mass is 10.1. The number of thiazole rings is 1. The number of rotatable bonds is 4. The van der Waals surface area contributed by atoms with Crippen molar-refractivity contribution in [1.82, 2.24) is 4.98 Å². The molecule has 0 aliphatic rings. The quantitative estimate of drug-likeness (QED) is 0.556. The third kappa shape index (κ3) is 4.30. The number of methoxy groups -OCH3 is 1. The number of carbonyl (C=O) groups excluding carboxylic acids is 2. The maximum absolute atomic E-state index is 12.4. The second-order valence-corrected chi connectivity index (χ2v) is 6.95. The Hall–Kier alpha value is -3.25. The zero-order valence-electron chi connectivity index (χ0n) is 14.8. The van der Waals surface area contributed by atoms with Gasteiger partial charge in [-0.3, -0.25) is 9.59 Å². The highest BCUT2D eigenvalue weighted by molar-refractivity contribution is 7.07. The van der Waals surface area contributed by atoms with Gasteiger partial charge in [0, 0.05) is 11.6 Å². The highest BCUT2D eigenvalue weighted by atomic mass is 32.1. The molecule has 0 radical (unpaired) electrons. The van der Waals surface area contributed by atoms with Crippen LogP contribution in [-0.4, -0.2) is 23.8 Å². The fourth-order valence-corrected chi connectivity index (χ4v) is 3.44. The van der Waals surface area contributed by atoms with Crippen LogP contribution in [0.1, 0.15) is 31.8 Å². The fourth-order valence-electron chi connectivity index (χ4n) is 2.56.